The summed E-state index contributed by atoms with van der Waals surface area (Å²) in [5.41, 5.74) is -3.92. The molecule has 1 aromatic rings. The summed E-state index contributed by atoms with van der Waals surface area (Å²) >= 11 is 0. The van der Waals surface area contributed by atoms with Crippen LogP contribution in [0.2, 0.25) is 0 Å². The molecular formula is C14H11F6NO3S. The highest BCUT2D eigenvalue weighted by Gasteiger charge is 2.50. The summed E-state index contributed by atoms with van der Waals surface area (Å²) < 4.78 is 100. The predicted octanol–water partition coefficient (Wildman–Crippen LogP) is 2.74. The number of amides is 1. The summed E-state index contributed by atoms with van der Waals surface area (Å²) in [6.07, 6.45) is -9.95. The molecule has 3 rings (SSSR count). The van der Waals surface area contributed by atoms with Gasteiger partial charge in [0.15, 0.2) is 9.84 Å². The highest BCUT2D eigenvalue weighted by molar-refractivity contribution is 7.92. The molecule has 2 heterocycles. The Hall–Kier alpha value is -1.78. The maximum absolute atomic E-state index is 12.9. The molecule has 0 radical (unpaired) electrons. The monoisotopic (exact) mass is 387 g/mol. The summed E-state index contributed by atoms with van der Waals surface area (Å²) in [5.74, 6) is -1.35. The minimum atomic E-state index is -5.05. The number of rotatable bonds is 1. The van der Waals surface area contributed by atoms with E-state index in [4.69, 9.17) is 0 Å². The van der Waals surface area contributed by atoms with Crippen LogP contribution in [0.1, 0.15) is 27.9 Å². The number of hydrogen-bond donors (Lipinski definition) is 0. The number of carbonyl (C=O) groups is 1. The molecule has 4 nitrogen and oxygen atoms in total. The van der Waals surface area contributed by atoms with Crippen molar-refractivity contribution in [1.82, 2.24) is 4.90 Å². The van der Waals surface area contributed by atoms with Crippen molar-refractivity contribution in [3.05, 3.63) is 34.9 Å². The molecule has 2 bridgehead atoms. The molecule has 25 heavy (non-hydrogen) atoms. The van der Waals surface area contributed by atoms with E-state index in [2.05, 4.69) is 0 Å². The van der Waals surface area contributed by atoms with E-state index in [9.17, 15) is 39.6 Å². The predicted molar refractivity (Wildman–Crippen MR) is 73.5 cm³/mol. The third-order valence-corrected chi connectivity index (χ3v) is 6.61. The molecule has 0 aliphatic carbocycles. The molecule has 0 unspecified atom stereocenters. The van der Waals surface area contributed by atoms with Gasteiger partial charge in [-0.3, -0.25) is 4.79 Å². The van der Waals surface area contributed by atoms with Crippen LogP contribution in [0.25, 0.3) is 0 Å². The zero-order chi connectivity index (χ0) is 18.8. The molecule has 2 aliphatic rings. The first-order valence-electron chi connectivity index (χ1n) is 7.11. The van der Waals surface area contributed by atoms with Crippen LogP contribution in [0.4, 0.5) is 26.3 Å². The number of fused-ring (bicyclic) bond motifs is 2. The molecular weight excluding hydrogens is 376 g/mol. The second-order valence-electron chi connectivity index (χ2n) is 6.09. The van der Waals surface area contributed by atoms with Crippen LogP contribution in [0, 0.1) is 0 Å². The summed E-state index contributed by atoms with van der Waals surface area (Å²) in [6.45, 7) is -0.219. The van der Waals surface area contributed by atoms with Crippen molar-refractivity contribution in [2.75, 3.05) is 12.3 Å². The number of likely N-dealkylation sites (tertiary alicyclic amines) is 1. The van der Waals surface area contributed by atoms with Crippen molar-refractivity contribution in [3.8, 4) is 0 Å². The number of sulfone groups is 1. The van der Waals surface area contributed by atoms with Gasteiger partial charge in [0.1, 0.15) is 0 Å². The molecule has 0 spiro atoms. The smallest absolute Gasteiger partial charge is 0.333 e. The lowest BCUT2D eigenvalue weighted by atomic mass is 10.0. The number of hydrogen-bond acceptors (Lipinski definition) is 3. The van der Waals surface area contributed by atoms with Gasteiger partial charge in [0.2, 0.25) is 0 Å². The Bertz CT molecular complexity index is 798. The number of alkyl halides is 6. The van der Waals surface area contributed by atoms with E-state index in [-0.39, 0.29) is 24.8 Å². The molecule has 1 amide bonds. The zero-order valence-electron chi connectivity index (χ0n) is 12.4. The van der Waals surface area contributed by atoms with Gasteiger partial charge in [0, 0.05) is 18.2 Å². The fourth-order valence-corrected chi connectivity index (χ4v) is 5.22. The van der Waals surface area contributed by atoms with Gasteiger partial charge in [0.25, 0.3) is 5.91 Å². The quantitative estimate of drug-likeness (QED) is 0.697. The summed E-state index contributed by atoms with van der Waals surface area (Å²) in [5, 5.41) is -0.811. The van der Waals surface area contributed by atoms with Crippen LogP contribution in [-0.2, 0) is 22.2 Å². The Morgan fingerprint density at radius 1 is 1.00 bits per heavy atom. The van der Waals surface area contributed by atoms with Gasteiger partial charge in [0.05, 0.1) is 22.1 Å². The van der Waals surface area contributed by atoms with E-state index >= 15 is 0 Å². The molecule has 11 heteroatoms. The highest BCUT2D eigenvalue weighted by Crippen LogP contribution is 2.38. The average Bonchev–Trinajstić information content (AvgIpc) is 3.00. The fraction of sp³-hybridized carbons (Fsp3) is 0.500. The lowest BCUT2D eigenvalue weighted by molar-refractivity contribution is -0.143. The first kappa shape index (κ1) is 18.0. The van der Waals surface area contributed by atoms with Crippen LogP contribution in [0.3, 0.4) is 0 Å². The van der Waals surface area contributed by atoms with Crippen molar-refractivity contribution in [3.63, 3.8) is 0 Å². The van der Waals surface area contributed by atoms with E-state index < -0.39 is 56.1 Å². The normalized spacial score (nSPS) is 25.4. The Morgan fingerprint density at radius 2 is 1.52 bits per heavy atom. The molecule has 0 aromatic heterocycles. The van der Waals surface area contributed by atoms with Crippen molar-refractivity contribution in [2.45, 2.75) is 30.1 Å². The molecule has 2 aliphatic heterocycles. The van der Waals surface area contributed by atoms with Crippen LogP contribution < -0.4 is 0 Å². The van der Waals surface area contributed by atoms with Gasteiger partial charge in [-0.2, -0.15) is 26.3 Å². The minimum absolute atomic E-state index is 0.0582. The second kappa shape index (κ2) is 5.36. The van der Waals surface area contributed by atoms with Gasteiger partial charge in [-0.05, 0) is 24.6 Å². The molecule has 0 N–H and O–H groups in total. The van der Waals surface area contributed by atoms with Crippen LogP contribution in [0.15, 0.2) is 18.2 Å². The van der Waals surface area contributed by atoms with Gasteiger partial charge < -0.3 is 4.90 Å². The first-order chi connectivity index (χ1) is 11.3. The largest absolute Gasteiger partial charge is 0.416 e. The van der Waals surface area contributed by atoms with Gasteiger partial charge in [-0.25, -0.2) is 8.42 Å². The molecule has 138 valence electrons. The van der Waals surface area contributed by atoms with Gasteiger partial charge >= 0.3 is 12.4 Å². The Kier molecular flexibility index (Phi) is 3.86. The van der Waals surface area contributed by atoms with E-state index in [0.717, 1.165) is 4.90 Å². The molecule has 1 aromatic carbocycles. The number of carbonyl (C=O) groups excluding carboxylic acids is 1. The zero-order valence-corrected chi connectivity index (χ0v) is 13.2. The molecule has 0 saturated carbocycles. The van der Waals surface area contributed by atoms with E-state index in [1.54, 1.807) is 0 Å². The second-order valence-corrected chi connectivity index (χ2v) is 8.42. The average molecular weight is 387 g/mol. The van der Waals surface area contributed by atoms with Crippen molar-refractivity contribution < 1.29 is 39.6 Å². The number of halogens is 6. The number of nitrogens with zero attached hydrogens (tertiary/aromatic N) is 1. The maximum atomic E-state index is 12.9. The summed E-state index contributed by atoms with van der Waals surface area (Å²) in [7, 11) is -3.35. The summed E-state index contributed by atoms with van der Waals surface area (Å²) in [6, 6.07) is -0.0561. The third-order valence-electron chi connectivity index (χ3n) is 4.40. The van der Waals surface area contributed by atoms with Crippen molar-refractivity contribution >= 4 is 15.7 Å². The van der Waals surface area contributed by atoms with Crippen LogP contribution >= 0.6 is 0 Å². The first-order valence-corrected chi connectivity index (χ1v) is 8.82. The van der Waals surface area contributed by atoms with Crippen molar-refractivity contribution in [1.29, 1.82) is 0 Å². The fourth-order valence-electron chi connectivity index (χ4n) is 3.19. The standard InChI is InChI=1S/C14H11F6NO3S/c15-13(16,17)8-1-7(2-9(3-8)14(18,19)20)12(22)21-5-11-4-10(21)6-25(11,23)24/h1-3,10-11H,4-6H2/t10-,11-/m0/s1. The molecule has 2 saturated heterocycles. The SMILES string of the molecule is O=C(c1cc(C(F)(F)F)cc(C(F)(F)F)c1)N1C[C@@H]2C[C@H]1CS2(=O)=O. The molecule has 2 atom stereocenters. The van der Waals surface area contributed by atoms with Gasteiger partial charge in [-0.15, -0.1) is 0 Å². The summed E-state index contributed by atoms with van der Waals surface area (Å²) in [4.78, 5) is 13.4. The Morgan fingerprint density at radius 3 is 1.88 bits per heavy atom. The maximum Gasteiger partial charge on any atom is 0.416 e. The Balaban J connectivity index is 1.98. The van der Waals surface area contributed by atoms with E-state index in [1.807, 2.05) is 0 Å². The van der Waals surface area contributed by atoms with E-state index in [0.29, 0.717) is 12.1 Å². The van der Waals surface area contributed by atoms with Crippen molar-refractivity contribution in [2.24, 2.45) is 0 Å². The van der Waals surface area contributed by atoms with E-state index in [1.165, 1.54) is 0 Å². The topological polar surface area (TPSA) is 54.5 Å². The van der Waals surface area contributed by atoms with Crippen LogP contribution in [0.5, 0.6) is 0 Å². The minimum Gasteiger partial charge on any atom is -0.333 e. The van der Waals surface area contributed by atoms with Crippen LogP contribution in [-0.4, -0.2) is 42.8 Å². The Labute approximate surface area is 138 Å². The lowest BCUT2D eigenvalue weighted by Crippen LogP contribution is -2.44. The molecule has 2 fully saturated rings. The van der Waals surface area contributed by atoms with Gasteiger partial charge in [-0.1, -0.05) is 0 Å². The third kappa shape index (κ3) is 3.21. The lowest BCUT2D eigenvalue weighted by Gasteiger charge is -2.27. The highest BCUT2D eigenvalue weighted by atomic mass is 32.2. The number of benzene rings is 1.